The minimum Gasteiger partial charge on any atom is -0.493 e. The maximum absolute atomic E-state index is 5.88. The van der Waals surface area contributed by atoms with E-state index < -0.39 is 0 Å². The summed E-state index contributed by atoms with van der Waals surface area (Å²) in [6, 6.07) is 16.1. The van der Waals surface area contributed by atoms with Gasteiger partial charge in [0.25, 0.3) is 0 Å². The minimum absolute atomic E-state index is 0.551. The van der Waals surface area contributed by atoms with Crippen molar-refractivity contribution >= 4 is 15.9 Å². The molecule has 2 aromatic carbocycles. The highest BCUT2D eigenvalue weighted by Gasteiger charge is 2.04. The molecule has 0 N–H and O–H groups in total. The van der Waals surface area contributed by atoms with Gasteiger partial charge in [-0.3, -0.25) is 0 Å². The molecule has 0 aliphatic rings. The molecule has 0 aliphatic heterocycles. The molecule has 0 aromatic heterocycles. The molecule has 22 heavy (non-hydrogen) atoms. The molecule has 118 valence electrons. The van der Waals surface area contributed by atoms with Gasteiger partial charge in [-0.2, -0.15) is 0 Å². The standard InChI is InChI=1S/C18H21BrO3/c1-20-8-5-9-21-17-10-16(13-19)11-18(12-17)22-14-15-6-3-2-4-7-15/h2-4,6-7,10-12H,5,8-9,13-14H2,1H3. The number of hydrogen-bond acceptors (Lipinski definition) is 3. The quantitative estimate of drug-likeness (QED) is 0.481. The number of halogens is 1. The molecule has 0 amide bonds. The molecule has 4 heteroatoms. The number of benzene rings is 2. The lowest BCUT2D eigenvalue weighted by Gasteiger charge is -2.12. The summed E-state index contributed by atoms with van der Waals surface area (Å²) < 4.78 is 16.7. The molecule has 0 saturated carbocycles. The first-order valence-electron chi connectivity index (χ1n) is 7.30. The largest absolute Gasteiger partial charge is 0.493 e. The molecule has 0 atom stereocenters. The highest BCUT2D eigenvalue weighted by atomic mass is 79.9. The van der Waals surface area contributed by atoms with Crippen molar-refractivity contribution in [2.75, 3.05) is 20.3 Å². The lowest BCUT2D eigenvalue weighted by Crippen LogP contribution is -2.02. The van der Waals surface area contributed by atoms with E-state index in [0.717, 1.165) is 34.4 Å². The molecule has 0 saturated heterocycles. The smallest absolute Gasteiger partial charge is 0.123 e. The van der Waals surface area contributed by atoms with Gasteiger partial charge in [0, 0.05) is 31.5 Å². The molecule has 2 aromatic rings. The average molecular weight is 365 g/mol. The number of methoxy groups -OCH3 is 1. The van der Waals surface area contributed by atoms with E-state index in [1.54, 1.807) is 7.11 Å². The SMILES string of the molecule is COCCCOc1cc(CBr)cc(OCc2ccccc2)c1. The first-order valence-corrected chi connectivity index (χ1v) is 8.42. The van der Waals surface area contributed by atoms with Crippen LogP contribution in [0, 0.1) is 0 Å². The van der Waals surface area contributed by atoms with Crippen LogP contribution in [-0.2, 0) is 16.7 Å². The first-order chi connectivity index (χ1) is 10.8. The van der Waals surface area contributed by atoms with E-state index in [4.69, 9.17) is 14.2 Å². The fourth-order valence-electron chi connectivity index (χ4n) is 2.01. The Balaban J connectivity index is 1.97. The number of ether oxygens (including phenoxy) is 3. The molecule has 0 fully saturated rings. The molecule has 0 radical (unpaired) electrons. The molecule has 0 spiro atoms. The van der Waals surface area contributed by atoms with Gasteiger partial charge < -0.3 is 14.2 Å². The first kappa shape index (κ1) is 16.8. The van der Waals surface area contributed by atoms with E-state index in [-0.39, 0.29) is 0 Å². The van der Waals surface area contributed by atoms with Crippen molar-refractivity contribution in [3.8, 4) is 11.5 Å². The van der Waals surface area contributed by atoms with E-state index in [0.29, 0.717) is 19.8 Å². The maximum atomic E-state index is 5.88. The Morgan fingerprint density at radius 2 is 1.59 bits per heavy atom. The van der Waals surface area contributed by atoms with Crippen molar-refractivity contribution in [3.63, 3.8) is 0 Å². The molecule has 0 heterocycles. The van der Waals surface area contributed by atoms with E-state index in [1.807, 2.05) is 36.4 Å². The Kier molecular flexibility index (Phi) is 7.26. The molecule has 3 nitrogen and oxygen atoms in total. The van der Waals surface area contributed by atoms with Crippen molar-refractivity contribution in [2.45, 2.75) is 18.4 Å². The van der Waals surface area contributed by atoms with Gasteiger partial charge >= 0.3 is 0 Å². The van der Waals surface area contributed by atoms with Gasteiger partial charge in [0.2, 0.25) is 0 Å². The van der Waals surface area contributed by atoms with Crippen LogP contribution < -0.4 is 9.47 Å². The topological polar surface area (TPSA) is 27.7 Å². The molecule has 2 rings (SSSR count). The second-order valence-electron chi connectivity index (χ2n) is 4.92. The van der Waals surface area contributed by atoms with Gasteiger partial charge in [0.1, 0.15) is 18.1 Å². The predicted octanol–water partition coefficient (Wildman–Crippen LogP) is 4.58. The summed E-state index contributed by atoms with van der Waals surface area (Å²) in [5, 5.41) is 0.768. The van der Waals surface area contributed by atoms with Crippen molar-refractivity contribution in [3.05, 3.63) is 59.7 Å². The van der Waals surface area contributed by atoms with Crippen LogP contribution in [0.1, 0.15) is 17.5 Å². The lowest BCUT2D eigenvalue weighted by atomic mass is 10.2. The van der Waals surface area contributed by atoms with Gasteiger partial charge in [0.15, 0.2) is 0 Å². The molecule has 0 unspecified atom stereocenters. The van der Waals surface area contributed by atoms with Gasteiger partial charge in [0.05, 0.1) is 6.61 Å². The minimum atomic E-state index is 0.551. The van der Waals surface area contributed by atoms with Crippen LogP contribution in [0.5, 0.6) is 11.5 Å². The van der Waals surface area contributed by atoms with E-state index >= 15 is 0 Å². The summed E-state index contributed by atoms with van der Waals surface area (Å²) in [5.74, 6) is 1.65. The van der Waals surface area contributed by atoms with E-state index in [2.05, 4.69) is 28.1 Å². The van der Waals surface area contributed by atoms with Crippen LogP contribution in [-0.4, -0.2) is 20.3 Å². The van der Waals surface area contributed by atoms with Gasteiger partial charge in [-0.05, 0) is 23.3 Å². The van der Waals surface area contributed by atoms with E-state index in [9.17, 15) is 0 Å². The summed E-state index contributed by atoms with van der Waals surface area (Å²) in [4.78, 5) is 0. The number of rotatable bonds is 9. The van der Waals surface area contributed by atoms with Crippen molar-refractivity contribution < 1.29 is 14.2 Å². The van der Waals surface area contributed by atoms with Crippen LogP contribution in [0.2, 0.25) is 0 Å². The van der Waals surface area contributed by atoms with Crippen LogP contribution in [0.25, 0.3) is 0 Å². The molecular formula is C18H21BrO3. The highest BCUT2D eigenvalue weighted by Crippen LogP contribution is 2.25. The molecule has 0 aliphatic carbocycles. The Morgan fingerprint density at radius 3 is 2.27 bits per heavy atom. The number of alkyl halides is 1. The third-order valence-corrected chi connectivity index (χ3v) is 3.75. The zero-order chi connectivity index (χ0) is 15.6. The van der Waals surface area contributed by atoms with Gasteiger partial charge in [-0.25, -0.2) is 0 Å². The van der Waals surface area contributed by atoms with E-state index in [1.165, 1.54) is 0 Å². The fraction of sp³-hybridized carbons (Fsp3) is 0.333. The summed E-state index contributed by atoms with van der Waals surface area (Å²) in [6.07, 6.45) is 0.870. The summed E-state index contributed by atoms with van der Waals surface area (Å²) in [6.45, 7) is 1.89. The summed E-state index contributed by atoms with van der Waals surface area (Å²) >= 11 is 3.48. The molecular weight excluding hydrogens is 344 g/mol. The van der Waals surface area contributed by atoms with Crippen molar-refractivity contribution in [2.24, 2.45) is 0 Å². The second-order valence-corrected chi connectivity index (χ2v) is 5.48. The maximum Gasteiger partial charge on any atom is 0.123 e. The Labute approximate surface area is 140 Å². The van der Waals surface area contributed by atoms with Crippen LogP contribution in [0.3, 0.4) is 0 Å². The fourth-order valence-corrected chi connectivity index (χ4v) is 2.33. The second kappa shape index (κ2) is 9.49. The van der Waals surface area contributed by atoms with Crippen molar-refractivity contribution in [1.82, 2.24) is 0 Å². The lowest BCUT2D eigenvalue weighted by molar-refractivity contribution is 0.172. The average Bonchev–Trinajstić information content (AvgIpc) is 2.57. The zero-order valence-corrected chi connectivity index (χ0v) is 14.3. The van der Waals surface area contributed by atoms with Gasteiger partial charge in [-0.15, -0.1) is 0 Å². The summed E-state index contributed by atoms with van der Waals surface area (Å²) in [7, 11) is 1.70. The van der Waals surface area contributed by atoms with Crippen LogP contribution in [0.4, 0.5) is 0 Å². The van der Waals surface area contributed by atoms with Crippen LogP contribution in [0.15, 0.2) is 48.5 Å². The normalized spacial score (nSPS) is 10.5. The molecule has 0 bridgehead atoms. The third kappa shape index (κ3) is 5.70. The zero-order valence-electron chi connectivity index (χ0n) is 12.8. The summed E-state index contributed by atoms with van der Waals surface area (Å²) in [5.41, 5.74) is 2.28. The highest BCUT2D eigenvalue weighted by molar-refractivity contribution is 9.08. The van der Waals surface area contributed by atoms with Crippen molar-refractivity contribution in [1.29, 1.82) is 0 Å². The Morgan fingerprint density at radius 1 is 0.864 bits per heavy atom. The van der Waals surface area contributed by atoms with Crippen LogP contribution >= 0.6 is 15.9 Å². The Bertz CT molecular complexity index is 558. The van der Waals surface area contributed by atoms with Gasteiger partial charge in [-0.1, -0.05) is 46.3 Å². The number of hydrogen-bond donors (Lipinski definition) is 0. The monoisotopic (exact) mass is 364 g/mol. The predicted molar refractivity (Wildman–Crippen MR) is 91.8 cm³/mol. The Hall–Kier alpha value is -1.52. The third-order valence-electron chi connectivity index (χ3n) is 3.10.